The summed E-state index contributed by atoms with van der Waals surface area (Å²) >= 11 is 0. The third kappa shape index (κ3) is 8.47. The predicted molar refractivity (Wildman–Crippen MR) is 62.5 cm³/mol. The van der Waals surface area contributed by atoms with Crippen molar-refractivity contribution in [2.45, 2.75) is 26.8 Å². The van der Waals surface area contributed by atoms with Crippen molar-refractivity contribution in [3.8, 4) is 0 Å². The molecule has 17 heavy (non-hydrogen) atoms. The van der Waals surface area contributed by atoms with Crippen LogP contribution in [0.3, 0.4) is 0 Å². The van der Waals surface area contributed by atoms with Crippen LogP contribution >= 0.6 is 0 Å². The van der Waals surface area contributed by atoms with Crippen molar-refractivity contribution >= 4 is 12.0 Å². The summed E-state index contributed by atoms with van der Waals surface area (Å²) in [5.74, 6) is -1.14. The SMILES string of the molecule is CCN(CC)CC(C)NC(=O)NOCC(=O)O. The molecule has 0 saturated carbocycles. The summed E-state index contributed by atoms with van der Waals surface area (Å²) in [5.41, 5.74) is 2.00. The Kier molecular flexibility index (Phi) is 8.08. The molecular formula is C10H21N3O4. The Morgan fingerprint density at radius 3 is 2.41 bits per heavy atom. The molecule has 0 aliphatic carbocycles. The average molecular weight is 247 g/mol. The minimum atomic E-state index is -1.14. The topological polar surface area (TPSA) is 90.9 Å². The van der Waals surface area contributed by atoms with Gasteiger partial charge in [0.05, 0.1) is 0 Å². The maximum Gasteiger partial charge on any atom is 0.338 e. The molecule has 0 saturated heterocycles. The highest BCUT2D eigenvalue weighted by atomic mass is 16.7. The lowest BCUT2D eigenvalue weighted by atomic mass is 10.3. The zero-order chi connectivity index (χ0) is 13.3. The highest BCUT2D eigenvalue weighted by Gasteiger charge is 2.10. The molecule has 0 fully saturated rings. The molecule has 0 heterocycles. The standard InChI is InChI=1S/C10H21N3O4/c1-4-13(5-2)6-8(3)11-10(16)12-17-7-9(14)15/h8H,4-7H2,1-3H3,(H,14,15)(H2,11,12,16). The summed E-state index contributed by atoms with van der Waals surface area (Å²) in [4.78, 5) is 28.0. The summed E-state index contributed by atoms with van der Waals surface area (Å²) in [6, 6.07) is -0.575. The lowest BCUT2D eigenvalue weighted by Gasteiger charge is -2.23. The van der Waals surface area contributed by atoms with Gasteiger partial charge in [0.25, 0.3) is 0 Å². The number of nitrogens with zero attached hydrogens (tertiary/aromatic N) is 1. The number of hydrogen-bond donors (Lipinski definition) is 3. The second kappa shape index (κ2) is 8.77. The summed E-state index contributed by atoms with van der Waals surface area (Å²) < 4.78 is 0. The molecule has 3 N–H and O–H groups in total. The fraction of sp³-hybridized carbons (Fsp3) is 0.800. The molecular weight excluding hydrogens is 226 g/mol. The van der Waals surface area contributed by atoms with Crippen LogP contribution in [0.4, 0.5) is 4.79 Å². The number of carbonyl (C=O) groups is 2. The minimum absolute atomic E-state index is 0.0386. The molecule has 0 rings (SSSR count). The Morgan fingerprint density at radius 1 is 1.35 bits per heavy atom. The van der Waals surface area contributed by atoms with Crippen molar-refractivity contribution in [3.05, 3.63) is 0 Å². The number of hydrogen-bond acceptors (Lipinski definition) is 4. The van der Waals surface area contributed by atoms with Gasteiger partial charge < -0.3 is 15.3 Å². The quantitative estimate of drug-likeness (QED) is 0.526. The first kappa shape index (κ1) is 15.7. The van der Waals surface area contributed by atoms with Crippen molar-refractivity contribution in [2.75, 3.05) is 26.2 Å². The second-order valence-corrected chi connectivity index (χ2v) is 3.64. The van der Waals surface area contributed by atoms with Crippen LogP contribution < -0.4 is 10.8 Å². The average Bonchev–Trinajstić information content (AvgIpc) is 2.25. The van der Waals surface area contributed by atoms with Crippen molar-refractivity contribution < 1.29 is 19.5 Å². The van der Waals surface area contributed by atoms with Crippen molar-refractivity contribution in [1.82, 2.24) is 15.7 Å². The lowest BCUT2D eigenvalue weighted by Crippen LogP contribution is -2.46. The van der Waals surface area contributed by atoms with Crippen LogP contribution in [0.2, 0.25) is 0 Å². The van der Waals surface area contributed by atoms with Crippen LogP contribution in [0.5, 0.6) is 0 Å². The van der Waals surface area contributed by atoms with Gasteiger partial charge in [-0.15, -0.1) is 0 Å². The zero-order valence-electron chi connectivity index (χ0n) is 10.5. The second-order valence-electron chi connectivity index (χ2n) is 3.64. The smallest absolute Gasteiger partial charge is 0.338 e. The van der Waals surface area contributed by atoms with E-state index in [4.69, 9.17) is 5.11 Å². The number of carboxylic acids is 1. The third-order valence-electron chi connectivity index (χ3n) is 2.16. The molecule has 0 aliphatic heterocycles. The lowest BCUT2D eigenvalue weighted by molar-refractivity contribution is -0.144. The van der Waals surface area contributed by atoms with Gasteiger partial charge >= 0.3 is 12.0 Å². The van der Waals surface area contributed by atoms with E-state index in [2.05, 4.69) is 15.1 Å². The molecule has 0 aliphatic rings. The summed E-state index contributed by atoms with van der Waals surface area (Å²) in [7, 11) is 0. The van der Waals surface area contributed by atoms with Crippen LogP contribution in [0.25, 0.3) is 0 Å². The molecule has 0 spiro atoms. The van der Waals surface area contributed by atoms with Crippen LogP contribution in [0.1, 0.15) is 20.8 Å². The van der Waals surface area contributed by atoms with Gasteiger partial charge in [0.15, 0.2) is 6.61 Å². The third-order valence-corrected chi connectivity index (χ3v) is 2.16. The molecule has 0 aromatic carbocycles. The van der Waals surface area contributed by atoms with Crippen LogP contribution in [0.15, 0.2) is 0 Å². The molecule has 7 heteroatoms. The summed E-state index contributed by atoms with van der Waals surface area (Å²) in [6.07, 6.45) is 0. The zero-order valence-corrected chi connectivity index (χ0v) is 10.5. The Hall–Kier alpha value is -1.34. The van der Waals surface area contributed by atoms with E-state index < -0.39 is 18.6 Å². The van der Waals surface area contributed by atoms with Crippen LogP contribution in [-0.2, 0) is 9.63 Å². The van der Waals surface area contributed by atoms with E-state index in [-0.39, 0.29) is 6.04 Å². The maximum absolute atomic E-state index is 11.2. The number of aliphatic carboxylic acids is 1. The van der Waals surface area contributed by atoms with Gasteiger partial charge in [-0.3, -0.25) is 4.84 Å². The van der Waals surface area contributed by atoms with Crippen LogP contribution in [0, 0.1) is 0 Å². The fourth-order valence-electron chi connectivity index (χ4n) is 1.33. The first-order chi connectivity index (χ1) is 7.99. The Morgan fingerprint density at radius 2 is 1.94 bits per heavy atom. The van der Waals surface area contributed by atoms with Crippen molar-refractivity contribution in [1.29, 1.82) is 0 Å². The molecule has 1 atom stereocenters. The highest BCUT2D eigenvalue weighted by Crippen LogP contribution is 1.91. The normalized spacial score (nSPS) is 12.2. The predicted octanol–water partition coefficient (Wildman–Crippen LogP) is 0.0321. The molecule has 0 aromatic rings. The van der Waals surface area contributed by atoms with Gasteiger partial charge in [0.2, 0.25) is 0 Å². The van der Waals surface area contributed by atoms with E-state index >= 15 is 0 Å². The molecule has 1 unspecified atom stereocenters. The molecule has 2 amide bonds. The molecule has 7 nitrogen and oxygen atoms in total. The maximum atomic E-state index is 11.2. The fourth-order valence-corrected chi connectivity index (χ4v) is 1.33. The molecule has 100 valence electrons. The van der Waals surface area contributed by atoms with Gasteiger partial charge in [-0.05, 0) is 20.0 Å². The summed E-state index contributed by atoms with van der Waals surface area (Å²) in [6.45, 7) is 7.98. The summed E-state index contributed by atoms with van der Waals surface area (Å²) in [5, 5.41) is 10.9. The van der Waals surface area contributed by atoms with E-state index in [1.54, 1.807) is 0 Å². The Bertz CT molecular complexity index is 244. The number of carboxylic acid groups (broad SMARTS) is 1. The van der Waals surface area contributed by atoms with Gasteiger partial charge in [-0.1, -0.05) is 13.8 Å². The monoisotopic (exact) mass is 247 g/mol. The first-order valence-corrected chi connectivity index (χ1v) is 5.62. The number of hydroxylamine groups is 1. The first-order valence-electron chi connectivity index (χ1n) is 5.62. The van der Waals surface area contributed by atoms with Crippen LogP contribution in [-0.4, -0.2) is 54.3 Å². The minimum Gasteiger partial charge on any atom is -0.479 e. The van der Waals surface area contributed by atoms with Gasteiger partial charge in [-0.25, -0.2) is 15.1 Å². The number of urea groups is 1. The number of amides is 2. The van der Waals surface area contributed by atoms with Gasteiger partial charge in [0, 0.05) is 12.6 Å². The molecule has 0 bridgehead atoms. The molecule has 0 aromatic heterocycles. The Balaban J connectivity index is 3.75. The Labute approximate surface area is 101 Å². The number of nitrogens with one attached hydrogen (secondary N) is 2. The van der Waals surface area contributed by atoms with E-state index in [1.165, 1.54) is 0 Å². The number of carbonyl (C=O) groups excluding carboxylic acids is 1. The van der Waals surface area contributed by atoms with Crippen molar-refractivity contribution in [3.63, 3.8) is 0 Å². The number of rotatable bonds is 8. The highest BCUT2D eigenvalue weighted by molar-refractivity contribution is 5.73. The van der Waals surface area contributed by atoms with E-state index in [0.29, 0.717) is 0 Å². The van der Waals surface area contributed by atoms with Gasteiger partial charge in [-0.2, -0.15) is 0 Å². The van der Waals surface area contributed by atoms with Gasteiger partial charge in [0.1, 0.15) is 0 Å². The van der Waals surface area contributed by atoms with Crippen molar-refractivity contribution in [2.24, 2.45) is 0 Å². The molecule has 0 radical (unpaired) electrons. The largest absolute Gasteiger partial charge is 0.479 e. The van der Waals surface area contributed by atoms with E-state index in [0.717, 1.165) is 19.6 Å². The van der Waals surface area contributed by atoms with E-state index in [9.17, 15) is 9.59 Å². The van der Waals surface area contributed by atoms with E-state index in [1.807, 2.05) is 26.3 Å². The number of likely N-dealkylation sites (N-methyl/N-ethyl adjacent to an activating group) is 1.